The summed E-state index contributed by atoms with van der Waals surface area (Å²) in [6.07, 6.45) is 0.577. The molecule has 0 amide bonds. The van der Waals surface area contributed by atoms with E-state index in [-0.39, 0.29) is 18.5 Å². The number of fused-ring (bicyclic) bond motifs is 1. The fraction of sp³-hybridized carbons (Fsp3) is 0.385. The van der Waals surface area contributed by atoms with Gasteiger partial charge in [0.15, 0.2) is 11.5 Å². The molecular formula is C13H15N3O3. The van der Waals surface area contributed by atoms with Crippen molar-refractivity contribution in [3.8, 4) is 11.5 Å². The van der Waals surface area contributed by atoms with Gasteiger partial charge in [0.2, 0.25) is 6.79 Å². The fourth-order valence-electron chi connectivity index (χ4n) is 2.23. The Labute approximate surface area is 110 Å². The molecule has 6 nitrogen and oxygen atoms in total. The minimum Gasteiger partial charge on any atom is -0.454 e. The number of aromatic amines is 1. The summed E-state index contributed by atoms with van der Waals surface area (Å²) < 4.78 is 12.3. The molecule has 100 valence electrons. The van der Waals surface area contributed by atoms with Crippen LogP contribution in [0.15, 0.2) is 23.0 Å². The lowest BCUT2D eigenvalue weighted by Crippen LogP contribution is -2.20. The molecular weight excluding hydrogens is 246 g/mol. The Balaban J connectivity index is 1.91. The third-order valence-corrected chi connectivity index (χ3v) is 3.09. The van der Waals surface area contributed by atoms with Gasteiger partial charge in [-0.2, -0.15) is 5.10 Å². The molecule has 0 aliphatic carbocycles. The van der Waals surface area contributed by atoms with E-state index in [1.807, 2.05) is 32.0 Å². The van der Waals surface area contributed by atoms with Crippen LogP contribution in [-0.4, -0.2) is 21.6 Å². The standard InChI is InChI=1S/C13H15N3O3/c1-8(2)16-12(14-15-13(16)17)6-9-3-4-10-11(5-9)19-7-18-10/h3-5,8H,6-7H2,1-2H3,(H,15,17). The van der Waals surface area contributed by atoms with Crippen molar-refractivity contribution >= 4 is 0 Å². The molecule has 1 aromatic carbocycles. The zero-order valence-corrected chi connectivity index (χ0v) is 10.8. The Hall–Kier alpha value is -2.24. The minimum atomic E-state index is -0.175. The lowest BCUT2D eigenvalue weighted by atomic mass is 10.1. The molecule has 0 saturated carbocycles. The van der Waals surface area contributed by atoms with E-state index in [1.54, 1.807) is 4.57 Å². The third kappa shape index (κ3) is 2.09. The summed E-state index contributed by atoms with van der Waals surface area (Å²) in [5, 5.41) is 6.57. The summed E-state index contributed by atoms with van der Waals surface area (Å²) in [4.78, 5) is 11.7. The number of hydrogen-bond acceptors (Lipinski definition) is 4. The second-order valence-electron chi connectivity index (χ2n) is 4.77. The maximum absolute atomic E-state index is 11.7. The first-order chi connectivity index (χ1) is 9.15. The van der Waals surface area contributed by atoms with Crippen LogP contribution >= 0.6 is 0 Å². The van der Waals surface area contributed by atoms with Crippen molar-refractivity contribution in [1.29, 1.82) is 0 Å². The number of rotatable bonds is 3. The average molecular weight is 261 g/mol. The van der Waals surface area contributed by atoms with Crippen molar-refractivity contribution in [3.63, 3.8) is 0 Å². The highest BCUT2D eigenvalue weighted by Gasteiger charge is 2.16. The van der Waals surface area contributed by atoms with Crippen molar-refractivity contribution in [1.82, 2.24) is 14.8 Å². The fourth-order valence-corrected chi connectivity index (χ4v) is 2.23. The van der Waals surface area contributed by atoms with Gasteiger partial charge >= 0.3 is 5.69 Å². The molecule has 0 spiro atoms. The van der Waals surface area contributed by atoms with Gasteiger partial charge in [0.25, 0.3) is 0 Å². The number of aromatic nitrogens is 3. The molecule has 6 heteroatoms. The predicted molar refractivity (Wildman–Crippen MR) is 68.6 cm³/mol. The second kappa shape index (κ2) is 4.46. The number of nitrogens with zero attached hydrogens (tertiary/aromatic N) is 2. The maximum atomic E-state index is 11.7. The molecule has 0 radical (unpaired) electrons. The van der Waals surface area contributed by atoms with Crippen LogP contribution in [0.1, 0.15) is 31.3 Å². The van der Waals surface area contributed by atoms with E-state index in [9.17, 15) is 4.79 Å². The number of hydrogen-bond donors (Lipinski definition) is 1. The average Bonchev–Trinajstić information content (AvgIpc) is 2.95. The second-order valence-corrected chi connectivity index (χ2v) is 4.77. The molecule has 2 aromatic rings. The third-order valence-electron chi connectivity index (χ3n) is 3.09. The van der Waals surface area contributed by atoms with Gasteiger partial charge in [-0.3, -0.25) is 4.57 Å². The minimum absolute atomic E-state index is 0.0789. The molecule has 1 N–H and O–H groups in total. The summed E-state index contributed by atoms with van der Waals surface area (Å²) >= 11 is 0. The van der Waals surface area contributed by atoms with Gasteiger partial charge in [0, 0.05) is 12.5 Å². The van der Waals surface area contributed by atoms with Crippen molar-refractivity contribution in [2.45, 2.75) is 26.3 Å². The van der Waals surface area contributed by atoms with Crippen molar-refractivity contribution in [2.24, 2.45) is 0 Å². The molecule has 2 heterocycles. The van der Waals surface area contributed by atoms with Crippen LogP contribution in [0, 0.1) is 0 Å². The highest BCUT2D eigenvalue weighted by molar-refractivity contribution is 5.45. The van der Waals surface area contributed by atoms with E-state index in [2.05, 4.69) is 10.2 Å². The Morgan fingerprint density at radius 3 is 2.95 bits per heavy atom. The summed E-state index contributed by atoms with van der Waals surface area (Å²) in [6.45, 7) is 4.18. The molecule has 3 rings (SSSR count). The summed E-state index contributed by atoms with van der Waals surface area (Å²) in [5.41, 5.74) is 0.857. The monoisotopic (exact) mass is 261 g/mol. The van der Waals surface area contributed by atoms with Crippen molar-refractivity contribution in [2.75, 3.05) is 6.79 Å². The maximum Gasteiger partial charge on any atom is 0.343 e. The van der Waals surface area contributed by atoms with Crippen LogP contribution in [-0.2, 0) is 6.42 Å². The first-order valence-electron chi connectivity index (χ1n) is 6.19. The summed E-state index contributed by atoms with van der Waals surface area (Å²) in [6, 6.07) is 5.83. The molecule has 1 aromatic heterocycles. The van der Waals surface area contributed by atoms with Gasteiger partial charge in [0.05, 0.1) is 0 Å². The first kappa shape index (κ1) is 11.8. The summed E-state index contributed by atoms with van der Waals surface area (Å²) in [7, 11) is 0. The lowest BCUT2D eigenvalue weighted by molar-refractivity contribution is 0.174. The Morgan fingerprint density at radius 1 is 1.37 bits per heavy atom. The molecule has 19 heavy (non-hydrogen) atoms. The zero-order chi connectivity index (χ0) is 13.4. The van der Waals surface area contributed by atoms with Gasteiger partial charge in [0.1, 0.15) is 5.82 Å². The van der Waals surface area contributed by atoms with E-state index in [4.69, 9.17) is 9.47 Å². The smallest absolute Gasteiger partial charge is 0.343 e. The molecule has 0 bridgehead atoms. The van der Waals surface area contributed by atoms with Crippen molar-refractivity contribution in [3.05, 3.63) is 40.1 Å². The molecule has 0 saturated heterocycles. The van der Waals surface area contributed by atoms with Crippen molar-refractivity contribution < 1.29 is 9.47 Å². The number of benzene rings is 1. The highest BCUT2D eigenvalue weighted by Crippen LogP contribution is 2.32. The number of H-pyrrole nitrogens is 1. The van der Waals surface area contributed by atoms with Gasteiger partial charge in [-0.1, -0.05) is 6.07 Å². The van der Waals surface area contributed by atoms with E-state index in [0.29, 0.717) is 6.42 Å². The first-order valence-corrected chi connectivity index (χ1v) is 6.19. The Bertz CT molecular complexity index is 657. The van der Waals surface area contributed by atoms with E-state index in [0.717, 1.165) is 22.9 Å². The zero-order valence-electron chi connectivity index (χ0n) is 10.8. The molecule has 0 unspecified atom stereocenters. The lowest BCUT2D eigenvalue weighted by Gasteiger charge is -2.09. The predicted octanol–water partition coefficient (Wildman–Crippen LogP) is 1.47. The number of ether oxygens (including phenoxy) is 2. The number of nitrogens with one attached hydrogen (secondary N) is 1. The van der Waals surface area contributed by atoms with Gasteiger partial charge in [-0.15, -0.1) is 0 Å². The largest absolute Gasteiger partial charge is 0.454 e. The molecule has 0 atom stereocenters. The molecule has 0 fully saturated rings. The topological polar surface area (TPSA) is 69.1 Å². The van der Waals surface area contributed by atoms with Crippen LogP contribution in [0.2, 0.25) is 0 Å². The van der Waals surface area contributed by atoms with Crippen LogP contribution < -0.4 is 15.2 Å². The highest BCUT2D eigenvalue weighted by atomic mass is 16.7. The van der Waals surface area contributed by atoms with Crippen LogP contribution in [0.5, 0.6) is 11.5 Å². The van der Waals surface area contributed by atoms with Crippen LogP contribution in [0.25, 0.3) is 0 Å². The van der Waals surface area contributed by atoms with E-state index < -0.39 is 0 Å². The van der Waals surface area contributed by atoms with Gasteiger partial charge in [-0.25, -0.2) is 9.89 Å². The molecule has 1 aliphatic heterocycles. The van der Waals surface area contributed by atoms with Crippen LogP contribution in [0.4, 0.5) is 0 Å². The van der Waals surface area contributed by atoms with Gasteiger partial charge < -0.3 is 9.47 Å². The Kier molecular flexibility index (Phi) is 2.77. The molecule has 1 aliphatic rings. The normalized spacial score (nSPS) is 13.2. The van der Waals surface area contributed by atoms with Crippen LogP contribution in [0.3, 0.4) is 0 Å². The van der Waals surface area contributed by atoms with Gasteiger partial charge in [-0.05, 0) is 31.5 Å². The Morgan fingerprint density at radius 2 is 2.16 bits per heavy atom. The summed E-state index contributed by atoms with van der Waals surface area (Å²) in [5.74, 6) is 2.22. The quantitative estimate of drug-likeness (QED) is 0.908. The SMILES string of the molecule is CC(C)n1c(Cc2ccc3c(c2)OCO3)n[nH]c1=O. The van der Waals surface area contributed by atoms with E-state index >= 15 is 0 Å². The van der Waals surface area contributed by atoms with E-state index in [1.165, 1.54) is 0 Å².